The Morgan fingerprint density at radius 1 is 1.00 bits per heavy atom. The Morgan fingerprint density at radius 2 is 1.72 bits per heavy atom. The number of methoxy groups -OCH3 is 1. The van der Waals surface area contributed by atoms with Crippen molar-refractivity contribution in [1.29, 1.82) is 0 Å². The number of benzene rings is 3. The van der Waals surface area contributed by atoms with Crippen LogP contribution >= 0.6 is 11.6 Å². The molecule has 0 radical (unpaired) electrons. The van der Waals surface area contributed by atoms with Gasteiger partial charge < -0.3 is 4.74 Å². The van der Waals surface area contributed by atoms with Crippen LogP contribution in [0.1, 0.15) is 33.9 Å². The number of hydrazone groups is 1. The standard InChI is InChI=1S/C26H20ClN3O2/c1-32-20-13-12-19-14-21(25(27)28-22(19)15-20)24-16-23(17-8-4-2-5-9-17)29-30(24)26(31)18-10-6-3-7-11-18/h2-15,24H,16H2,1H3/t24-/m1/s1. The number of hydrogen-bond donors (Lipinski definition) is 0. The topological polar surface area (TPSA) is 54.8 Å². The Morgan fingerprint density at radius 3 is 2.44 bits per heavy atom. The average molecular weight is 442 g/mol. The Balaban J connectivity index is 1.59. The van der Waals surface area contributed by atoms with Gasteiger partial charge in [0.15, 0.2) is 0 Å². The van der Waals surface area contributed by atoms with E-state index in [1.807, 2.05) is 72.8 Å². The highest BCUT2D eigenvalue weighted by atomic mass is 35.5. The summed E-state index contributed by atoms with van der Waals surface area (Å²) in [4.78, 5) is 18.0. The number of amides is 1. The van der Waals surface area contributed by atoms with Gasteiger partial charge in [0.1, 0.15) is 10.9 Å². The third kappa shape index (κ3) is 3.72. The lowest BCUT2D eigenvalue weighted by atomic mass is 9.98. The summed E-state index contributed by atoms with van der Waals surface area (Å²) in [5.74, 6) is 0.540. The van der Waals surface area contributed by atoms with E-state index in [1.54, 1.807) is 19.2 Å². The van der Waals surface area contributed by atoms with Crippen molar-refractivity contribution < 1.29 is 9.53 Å². The molecular weight excluding hydrogens is 422 g/mol. The van der Waals surface area contributed by atoms with Gasteiger partial charge in [0.05, 0.1) is 24.4 Å². The number of carbonyl (C=O) groups excluding carboxylic acids is 1. The molecule has 5 nitrogen and oxygen atoms in total. The van der Waals surface area contributed by atoms with Crippen LogP contribution < -0.4 is 4.74 Å². The largest absolute Gasteiger partial charge is 0.497 e. The van der Waals surface area contributed by atoms with E-state index in [1.165, 1.54) is 5.01 Å². The number of carbonyl (C=O) groups is 1. The summed E-state index contributed by atoms with van der Waals surface area (Å²) in [6.45, 7) is 0. The fourth-order valence-corrected chi connectivity index (χ4v) is 4.23. The molecule has 158 valence electrons. The van der Waals surface area contributed by atoms with Gasteiger partial charge >= 0.3 is 0 Å². The van der Waals surface area contributed by atoms with Crippen LogP contribution in [0.25, 0.3) is 10.9 Å². The van der Waals surface area contributed by atoms with E-state index in [0.717, 1.165) is 27.7 Å². The minimum absolute atomic E-state index is 0.174. The van der Waals surface area contributed by atoms with Gasteiger partial charge in [-0.15, -0.1) is 0 Å². The number of hydrogen-bond acceptors (Lipinski definition) is 4. The summed E-state index contributed by atoms with van der Waals surface area (Å²) in [5, 5.41) is 7.55. The zero-order valence-electron chi connectivity index (χ0n) is 17.4. The van der Waals surface area contributed by atoms with Crippen molar-refractivity contribution in [2.45, 2.75) is 12.5 Å². The second-order valence-corrected chi connectivity index (χ2v) is 7.93. The molecule has 0 N–H and O–H groups in total. The average Bonchev–Trinajstić information content (AvgIpc) is 3.29. The van der Waals surface area contributed by atoms with Gasteiger partial charge in [-0.2, -0.15) is 5.10 Å². The van der Waals surface area contributed by atoms with Crippen molar-refractivity contribution >= 4 is 34.1 Å². The minimum atomic E-state index is -0.357. The van der Waals surface area contributed by atoms with Gasteiger partial charge in [-0.1, -0.05) is 60.1 Å². The second kappa shape index (κ2) is 8.44. The third-order valence-corrected chi connectivity index (χ3v) is 5.91. The molecule has 0 bridgehead atoms. The van der Waals surface area contributed by atoms with Crippen LogP contribution in [0.2, 0.25) is 5.15 Å². The van der Waals surface area contributed by atoms with Gasteiger partial charge in [-0.3, -0.25) is 4.79 Å². The van der Waals surface area contributed by atoms with E-state index >= 15 is 0 Å². The molecule has 1 atom stereocenters. The van der Waals surface area contributed by atoms with E-state index in [-0.39, 0.29) is 11.9 Å². The third-order valence-electron chi connectivity index (χ3n) is 5.61. The van der Waals surface area contributed by atoms with Gasteiger partial charge in [-0.25, -0.2) is 9.99 Å². The predicted molar refractivity (Wildman–Crippen MR) is 126 cm³/mol. The van der Waals surface area contributed by atoms with Crippen molar-refractivity contribution in [2.24, 2.45) is 5.10 Å². The van der Waals surface area contributed by atoms with E-state index in [2.05, 4.69) is 4.98 Å². The number of halogens is 1. The molecular formula is C26H20ClN3O2. The lowest BCUT2D eigenvalue weighted by Gasteiger charge is -2.23. The molecule has 5 rings (SSSR count). The van der Waals surface area contributed by atoms with Crippen LogP contribution in [-0.4, -0.2) is 28.7 Å². The van der Waals surface area contributed by atoms with Crippen LogP contribution in [-0.2, 0) is 0 Å². The summed E-state index contributed by atoms with van der Waals surface area (Å²) in [7, 11) is 1.62. The van der Waals surface area contributed by atoms with Crippen LogP contribution in [0.5, 0.6) is 5.75 Å². The van der Waals surface area contributed by atoms with Crippen molar-refractivity contribution in [1.82, 2.24) is 9.99 Å². The molecule has 1 amide bonds. The summed E-state index contributed by atoms with van der Waals surface area (Å²) in [6.07, 6.45) is 0.547. The first-order chi connectivity index (χ1) is 15.6. The van der Waals surface area contributed by atoms with Gasteiger partial charge in [0.25, 0.3) is 5.91 Å². The quantitative estimate of drug-likeness (QED) is 0.371. The number of rotatable bonds is 4. The summed E-state index contributed by atoms with van der Waals surface area (Å²) < 4.78 is 5.30. The number of aromatic nitrogens is 1. The molecule has 1 aromatic heterocycles. The first-order valence-electron chi connectivity index (χ1n) is 10.3. The van der Waals surface area contributed by atoms with Crippen LogP contribution in [0.4, 0.5) is 0 Å². The van der Waals surface area contributed by atoms with E-state index in [4.69, 9.17) is 21.4 Å². The maximum Gasteiger partial charge on any atom is 0.274 e. The molecule has 1 aliphatic rings. The van der Waals surface area contributed by atoms with E-state index in [9.17, 15) is 4.79 Å². The lowest BCUT2D eigenvalue weighted by Crippen LogP contribution is -2.27. The molecule has 0 spiro atoms. The first kappa shape index (κ1) is 20.2. The SMILES string of the molecule is COc1ccc2cc([C@H]3CC(c4ccccc4)=NN3C(=O)c3ccccc3)c(Cl)nc2c1. The molecule has 32 heavy (non-hydrogen) atoms. The lowest BCUT2D eigenvalue weighted by molar-refractivity contribution is 0.0711. The molecule has 0 aliphatic carbocycles. The maximum absolute atomic E-state index is 13.4. The monoisotopic (exact) mass is 441 g/mol. The van der Waals surface area contributed by atoms with Gasteiger partial charge in [0.2, 0.25) is 0 Å². The molecule has 4 aromatic rings. The molecule has 3 aromatic carbocycles. The molecule has 6 heteroatoms. The zero-order chi connectivity index (χ0) is 22.1. The van der Waals surface area contributed by atoms with Crippen LogP contribution in [0.15, 0.2) is 90.0 Å². The normalized spacial score (nSPS) is 15.6. The fraction of sp³-hybridized carbons (Fsp3) is 0.115. The Hall–Kier alpha value is -3.70. The van der Waals surface area contributed by atoms with Crippen molar-refractivity contribution in [2.75, 3.05) is 7.11 Å². The Bertz CT molecular complexity index is 1320. The zero-order valence-corrected chi connectivity index (χ0v) is 18.2. The minimum Gasteiger partial charge on any atom is -0.497 e. The number of fused-ring (bicyclic) bond motifs is 1. The fourth-order valence-electron chi connectivity index (χ4n) is 3.96. The first-order valence-corrected chi connectivity index (χ1v) is 10.7. The number of ether oxygens (including phenoxy) is 1. The summed E-state index contributed by atoms with van der Waals surface area (Å²) >= 11 is 6.65. The number of nitrogens with zero attached hydrogens (tertiary/aromatic N) is 3. The highest BCUT2D eigenvalue weighted by Crippen LogP contribution is 2.38. The molecule has 0 saturated carbocycles. The Kier molecular flexibility index (Phi) is 5.33. The van der Waals surface area contributed by atoms with Crippen molar-refractivity contribution in [3.05, 3.63) is 107 Å². The highest BCUT2D eigenvalue weighted by Gasteiger charge is 2.35. The summed E-state index contributed by atoms with van der Waals surface area (Å²) in [5.41, 5.74) is 3.90. The van der Waals surface area contributed by atoms with Crippen LogP contribution in [0, 0.1) is 0 Å². The summed E-state index contributed by atoms with van der Waals surface area (Å²) in [6, 6.07) is 26.4. The van der Waals surface area contributed by atoms with E-state index in [0.29, 0.717) is 22.9 Å². The molecule has 0 fully saturated rings. The molecule has 0 saturated heterocycles. The maximum atomic E-state index is 13.4. The van der Waals surface area contributed by atoms with Gasteiger partial charge in [-0.05, 0) is 35.9 Å². The van der Waals surface area contributed by atoms with E-state index < -0.39 is 0 Å². The highest BCUT2D eigenvalue weighted by molar-refractivity contribution is 6.30. The molecule has 0 unspecified atom stereocenters. The van der Waals surface area contributed by atoms with Crippen molar-refractivity contribution in [3.8, 4) is 5.75 Å². The number of pyridine rings is 1. The van der Waals surface area contributed by atoms with Crippen molar-refractivity contribution in [3.63, 3.8) is 0 Å². The van der Waals surface area contributed by atoms with Crippen LogP contribution in [0.3, 0.4) is 0 Å². The Labute approximate surface area is 190 Å². The smallest absolute Gasteiger partial charge is 0.274 e. The van der Waals surface area contributed by atoms with Gasteiger partial charge in [0, 0.05) is 29.0 Å². The second-order valence-electron chi connectivity index (χ2n) is 7.58. The molecule has 2 heterocycles. The predicted octanol–water partition coefficient (Wildman–Crippen LogP) is 5.89. The molecule has 1 aliphatic heterocycles.